The van der Waals surface area contributed by atoms with Gasteiger partial charge in [0.1, 0.15) is 36.2 Å². The summed E-state index contributed by atoms with van der Waals surface area (Å²) < 4.78 is 59.2. The van der Waals surface area contributed by atoms with E-state index in [-0.39, 0.29) is 36.8 Å². The number of benzene rings is 2. The lowest BCUT2D eigenvalue weighted by molar-refractivity contribution is -0.141. The van der Waals surface area contributed by atoms with Gasteiger partial charge in [0.25, 0.3) is 11.1 Å². The highest BCUT2D eigenvalue weighted by atomic mass is 19.4. The molecule has 0 spiro atoms. The molecule has 11 heteroatoms. The summed E-state index contributed by atoms with van der Waals surface area (Å²) in [7, 11) is 1.59. The van der Waals surface area contributed by atoms with Gasteiger partial charge in [0.05, 0.1) is 13.7 Å². The Hall–Kier alpha value is -5.32. The van der Waals surface area contributed by atoms with Gasteiger partial charge in [-0.15, -0.1) is 0 Å². The Morgan fingerprint density at radius 3 is 2.06 bits per heavy atom. The Balaban J connectivity index is 1.33. The average Bonchev–Trinajstić information content (AvgIpc) is 3.08. The number of hydrogen-bond acceptors (Lipinski definition) is 6. The van der Waals surface area contributed by atoms with Crippen molar-refractivity contribution in [2.24, 2.45) is 0 Å². The monoisotopic (exact) mass is 645 g/mol. The Morgan fingerprint density at radius 1 is 0.766 bits per heavy atom. The van der Waals surface area contributed by atoms with Crippen molar-refractivity contribution in [3.63, 3.8) is 0 Å². The zero-order valence-corrected chi connectivity index (χ0v) is 25.9. The molecule has 5 rings (SSSR count). The van der Waals surface area contributed by atoms with Gasteiger partial charge in [0.15, 0.2) is 0 Å². The maximum absolute atomic E-state index is 13.7. The topological polar surface area (TPSA) is 84.6 Å². The molecule has 0 N–H and O–H groups in total. The van der Waals surface area contributed by atoms with E-state index in [0.29, 0.717) is 41.2 Å². The lowest BCUT2D eigenvalue weighted by Gasteiger charge is -2.18. The van der Waals surface area contributed by atoms with Crippen molar-refractivity contribution in [1.29, 1.82) is 0 Å². The highest BCUT2D eigenvalue weighted by molar-refractivity contribution is 5.31. The number of alkyl halides is 3. The van der Waals surface area contributed by atoms with E-state index in [1.807, 2.05) is 37.3 Å². The van der Waals surface area contributed by atoms with Crippen LogP contribution in [-0.4, -0.2) is 21.2 Å². The fraction of sp³-hybridized carbons (Fsp3) is 0.250. The van der Waals surface area contributed by atoms with Crippen LogP contribution in [0.5, 0.6) is 17.2 Å². The summed E-state index contributed by atoms with van der Waals surface area (Å²) in [6.07, 6.45) is 0.443. The first kappa shape index (κ1) is 33.1. The van der Waals surface area contributed by atoms with Crippen LogP contribution in [0.3, 0.4) is 0 Å². The molecule has 0 saturated heterocycles. The van der Waals surface area contributed by atoms with Crippen molar-refractivity contribution in [2.45, 2.75) is 51.7 Å². The number of aromatic nitrogens is 3. The van der Waals surface area contributed by atoms with E-state index in [4.69, 9.17) is 14.2 Å². The third-order valence-corrected chi connectivity index (χ3v) is 7.63. The van der Waals surface area contributed by atoms with E-state index in [9.17, 15) is 22.8 Å². The molecule has 3 aromatic heterocycles. The quantitative estimate of drug-likeness (QED) is 0.140. The molecule has 0 saturated carbocycles. The van der Waals surface area contributed by atoms with Gasteiger partial charge in [-0.05, 0) is 72.5 Å². The lowest BCUT2D eigenvalue weighted by Crippen LogP contribution is -2.27. The first-order chi connectivity index (χ1) is 22.6. The molecule has 1 unspecified atom stereocenters. The highest BCUT2D eigenvalue weighted by Gasteiger charge is 2.32. The Bertz CT molecular complexity index is 1890. The van der Waals surface area contributed by atoms with Gasteiger partial charge in [0, 0.05) is 47.9 Å². The van der Waals surface area contributed by atoms with Crippen LogP contribution in [0.1, 0.15) is 47.2 Å². The van der Waals surface area contributed by atoms with E-state index in [1.54, 1.807) is 60.5 Å². The van der Waals surface area contributed by atoms with Crippen LogP contribution in [0, 0.1) is 0 Å². The fourth-order valence-corrected chi connectivity index (χ4v) is 5.01. The van der Waals surface area contributed by atoms with E-state index in [1.165, 1.54) is 16.7 Å². The molecule has 0 aliphatic carbocycles. The number of methoxy groups -OCH3 is 1. The minimum atomic E-state index is -4.56. The first-order valence-corrected chi connectivity index (χ1v) is 15.0. The summed E-state index contributed by atoms with van der Waals surface area (Å²) in [5.74, 6) is 1.78. The molecule has 3 heterocycles. The summed E-state index contributed by atoms with van der Waals surface area (Å²) in [4.78, 5) is 29.9. The van der Waals surface area contributed by atoms with Crippen LogP contribution in [0.4, 0.5) is 13.2 Å². The summed E-state index contributed by atoms with van der Waals surface area (Å²) in [5.41, 5.74) is 1.01. The standard InChI is InChI=1S/C36H34F3N3O5/c1-25(16-17-41-21-27(9-15-34(41)43)23-46-31-12-10-29(45-2)11-13-31)32-18-28(24-47-30-6-4-3-5-7-30)22-42(35(32)44)20-26-8-14-33(40-19-26)36(37,38)39/h3-15,18-19,21-22,25H,16-17,20,23-24H2,1-2H3. The SMILES string of the molecule is COc1ccc(OCc2ccc(=O)n(CCC(C)c3cc(COc4ccccc4)cn(Cc4ccc(C(F)(F)F)nc4)c3=O)c2)cc1. The van der Waals surface area contributed by atoms with Gasteiger partial charge in [-0.1, -0.05) is 31.2 Å². The molecule has 0 amide bonds. The van der Waals surface area contributed by atoms with Crippen molar-refractivity contribution in [2.75, 3.05) is 7.11 Å². The van der Waals surface area contributed by atoms with Gasteiger partial charge in [-0.3, -0.25) is 14.6 Å². The molecule has 0 aliphatic rings. The Kier molecular flexibility index (Phi) is 10.4. The molecule has 244 valence electrons. The summed E-state index contributed by atoms with van der Waals surface area (Å²) in [5, 5.41) is 0. The molecule has 1 atom stereocenters. The lowest BCUT2D eigenvalue weighted by atomic mass is 9.97. The van der Waals surface area contributed by atoms with Crippen molar-refractivity contribution in [3.05, 3.63) is 152 Å². The van der Waals surface area contributed by atoms with Crippen LogP contribution >= 0.6 is 0 Å². The molecule has 0 bridgehead atoms. The maximum Gasteiger partial charge on any atom is 0.433 e. The van der Waals surface area contributed by atoms with Crippen molar-refractivity contribution < 1.29 is 27.4 Å². The molecule has 47 heavy (non-hydrogen) atoms. The van der Waals surface area contributed by atoms with Crippen molar-refractivity contribution >= 4 is 0 Å². The second-order valence-corrected chi connectivity index (χ2v) is 11.1. The van der Waals surface area contributed by atoms with Gasteiger partial charge >= 0.3 is 6.18 Å². The molecule has 0 radical (unpaired) electrons. The Labute approximate surface area is 269 Å². The van der Waals surface area contributed by atoms with Gasteiger partial charge < -0.3 is 23.3 Å². The number of pyridine rings is 3. The van der Waals surface area contributed by atoms with Crippen LogP contribution in [0.2, 0.25) is 0 Å². The molecule has 5 aromatic rings. The van der Waals surface area contributed by atoms with E-state index < -0.39 is 11.9 Å². The maximum atomic E-state index is 13.7. The summed E-state index contributed by atoms with van der Waals surface area (Å²) in [6, 6.07) is 23.6. The largest absolute Gasteiger partial charge is 0.497 e. The third kappa shape index (κ3) is 8.90. The van der Waals surface area contributed by atoms with E-state index in [2.05, 4.69) is 4.98 Å². The van der Waals surface area contributed by atoms with Crippen molar-refractivity contribution in [3.8, 4) is 17.2 Å². The number of hydrogen-bond donors (Lipinski definition) is 0. The first-order valence-electron chi connectivity index (χ1n) is 15.0. The third-order valence-electron chi connectivity index (χ3n) is 7.63. The second kappa shape index (κ2) is 14.8. The number of aryl methyl sites for hydroxylation is 1. The van der Waals surface area contributed by atoms with E-state index in [0.717, 1.165) is 23.6 Å². The van der Waals surface area contributed by atoms with Crippen LogP contribution in [-0.2, 0) is 32.5 Å². The van der Waals surface area contributed by atoms with Gasteiger partial charge in [-0.2, -0.15) is 13.2 Å². The number of halogens is 3. The van der Waals surface area contributed by atoms with Gasteiger partial charge in [-0.25, -0.2) is 0 Å². The van der Waals surface area contributed by atoms with Crippen LogP contribution in [0.15, 0.2) is 113 Å². The fourth-order valence-electron chi connectivity index (χ4n) is 5.01. The van der Waals surface area contributed by atoms with Crippen LogP contribution < -0.4 is 25.3 Å². The summed E-state index contributed by atoms with van der Waals surface area (Å²) >= 11 is 0. The van der Waals surface area contributed by atoms with Crippen LogP contribution in [0.25, 0.3) is 0 Å². The van der Waals surface area contributed by atoms with E-state index >= 15 is 0 Å². The minimum Gasteiger partial charge on any atom is -0.497 e. The zero-order chi connectivity index (χ0) is 33.4. The number of nitrogens with zero attached hydrogens (tertiary/aromatic N) is 3. The highest BCUT2D eigenvalue weighted by Crippen LogP contribution is 2.27. The van der Waals surface area contributed by atoms with Crippen molar-refractivity contribution in [1.82, 2.24) is 14.1 Å². The Morgan fingerprint density at radius 2 is 1.40 bits per heavy atom. The summed E-state index contributed by atoms with van der Waals surface area (Å²) in [6.45, 7) is 2.71. The van der Waals surface area contributed by atoms with Gasteiger partial charge in [0.2, 0.25) is 0 Å². The predicted molar refractivity (Wildman–Crippen MR) is 171 cm³/mol. The predicted octanol–water partition coefficient (Wildman–Crippen LogP) is 6.83. The normalized spacial score (nSPS) is 12.0. The smallest absolute Gasteiger partial charge is 0.433 e. The molecular formula is C36H34F3N3O5. The molecule has 8 nitrogen and oxygen atoms in total. The zero-order valence-electron chi connectivity index (χ0n) is 25.9. The number of ether oxygens (including phenoxy) is 3. The minimum absolute atomic E-state index is 0.0264. The molecule has 2 aromatic carbocycles. The average molecular weight is 646 g/mol. The second-order valence-electron chi connectivity index (χ2n) is 11.1. The number of rotatable bonds is 13. The molecular weight excluding hydrogens is 611 g/mol. The number of para-hydroxylation sites is 1. The molecule has 0 fully saturated rings. The molecule has 0 aliphatic heterocycles.